The van der Waals surface area contributed by atoms with E-state index in [9.17, 15) is 4.79 Å². The number of carbonyl (C=O) groups is 1. The average Bonchev–Trinajstić information content (AvgIpc) is 2.42. The van der Waals surface area contributed by atoms with E-state index >= 15 is 0 Å². The van der Waals surface area contributed by atoms with Gasteiger partial charge in [0.05, 0.1) is 0 Å². The Morgan fingerprint density at radius 3 is 2.50 bits per heavy atom. The highest BCUT2D eigenvalue weighted by atomic mass is 16.1. The Morgan fingerprint density at radius 2 is 1.85 bits per heavy atom. The lowest BCUT2D eigenvalue weighted by Gasteiger charge is -2.29. The van der Waals surface area contributed by atoms with Gasteiger partial charge in [-0.05, 0) is 44.8 Å². The summed E-state index contributed by atoms with van der Waals surface area (Å²) in [5, 5.41) is 6.40. The Labute approximate surface area is 124 Å². The van der Waals surface area contributed by atoms with Crippen LogP contribution in [0.2, 0.25) is 0 Å². The van der Waals surface area contributed by atoms with E-state index in [0.717, 1.165) is 26.1 Å². The third kappa shape index (κ3) is 8.54. The van der Waals surface area contributed by atoms with Crippen LogP contribution in [0.3, 0.4) is 0 Å². The van der Waals surface area contributed by atoms with Crippen molar-refractivity contribution in [1.82, 2.24) is 15.5 Å². The molecule has 4 nitrogen and oxygen atoms in total. The lowest BCUT2D eigenvalue weighted by atomic mass is 10.1. The summed E-state index contributed by atoms with van der Waals surface area (Å²) >= 11 is 0. The smallest absolute Gasteiger partial charge is 0.220 e. The molecule has 118 valence electrons. The van der Waals surface area contributed by atoms with Crippen LogP contribution in [0.5, 0.6) is 0 Å². The van der Waals surface area contributed by atoms with Gasteiger partial charge in [0.2, 0.25) is 5.91 Å². The van der Waals surface area contributed by atoms with Crippen LogP contribution in [0.25, 0.3) is 0 Å². The van der Waals surface area contributed by atoms with Crippen molar-refractivity contribution in [3.8, 4) is 0 Å². The molecule has 0 spiro atoms. The Bertz CT molecular complexity index is 262. The molecule has 1 atom stereocenters. The number of hydrogen-bond acceptors (Lipinski definition) is 3. The molecule has 0 aromatic carbocycles. The van der Waals surface area contributed by atoms with E-state index in [1.54, 1.807) is 0 Å². The van der Waals surface area contributed by atoms with Gasteiger partial charge in [0.25, 0.3) is 0 Å². The fourth-order valence-electron chi connectivity index (χ4n) is 2.66. The van der Waals surface area contributed by atoms with Crippen molar-refractivity contribution >= 4 is 5.91 Å². The number of carbonyl (C=O) groups excluding carboxylic acids is 1. The van der Waals surface area contributed by atoms with Crippen molar-refractivity contribution < 1.29 is 4.79 Å². The number of piperidine rings is 1. The van der Waals surface area contributed by atoms with Crippen LogP contribution < -0.4 is 10.6 Å². The maximum Gasteiger partial charge on any atom is 0.220 e. The standard InChI is InChI=1S/C16H33N3O/c1-14(2)17-9-7-8-16(20)18-12-15(3)13-19-10-5-4-6-11-19/h14-15,17H,4-13H2,1-3H3,(H,18,20). The first-order valence-corrected chi connectivity index (χ1v) is 8.30. The van der Waals surface area contributed by atoms with Crippen molar-refractivity contribution in [3.05, 3.63) is 0 Å². The highest BCUT2D eigenvalue weighted by Gasteiger charge is 2.13. The van der Waals surface area contributed by atoms with E-state index in [1.165, 1.54) is 32.4 Å². The minimum atomic E-state index is 0.195. The van der Waals surface area contributed by atoms with Gasteiger partial charge in [-0.3, -0.25) is 4.79 Å². The summed E-state index contributed by atoms with van der Waals surface area (Å²) < 4.78 is 0. The van der Waals surface area contributed by atoms with Gasteiger partial charge >= 0.3 is 0 Å². The van der Waals surface area contributed by atoms with Crippen LogP contribution in [0, 0.1) is 5.92 Å². The molecule has 20 heavy (non-hydrogen) atoms. The van der Waals surface area contributed by atoms with Crippen molar-refractivity contribution in [2.24, 2.45) is 5.92 Å². The second kappa shape index (κ2) is 10.2. The molecule has 1 amide bonds. The molecule has 4 heteroatoms. The zero-order valence-corrected chi connectivity index (χ0v) is 13.6. The first-order chi connectivity index (χ1) is 9.58. The maximum atomic E-state index is 11.7. The van der Waals surface area contributed by atoms with Crippen LogP contribution in [-0.4, -0.2) is 49.6 Å². The molecule has 2 N–H and O–H groups in total. The zero-order chi connectivity index (χ0) is 14.8. The summed E-state index contributed by atoms with van der Waals surface area (Å²) in [7, 11) is 0. The third-order valence-corrected chi connectivity index (χ3v) is 3.80. The molecule has 1 aliphatic heterocycles. The van der Waals surface area contributed by atoms with Crippen molar-refractivity contribution in [3.63, 3.8) is 0 Å². The highest BCUT2D eigenvalue weighted by molar-refractivity contribution is 5.75. The van der Waals surface area contributed by atoms with Gasteiger partial charge in [-0.25, -0.2) is 0 Å². The quantitative estimate of drug-likeness (QED) is 0.636. The molecule has 1 aliphatic rings. The van der Waals surface area contributed by atoms with E-state index in [-0.39, 0.29) is 5.91 Å². The van der Waals surface area contributed by atoms with Gasteiger partial charge in [-0.2, -0.15) is 0 Å². The molecule has 1 unspecified atom stereocenters. The predicted molar refractivity (Wildman–Crippen MR) is 84.8 cm³/mol. The molecule has 0 aromatic heterocycles. The van der Waals surface area contributed by atoms with E-state index in [2.05, 4.69) is 36.3 Å². The second-order valence-corrected chi connectivity index (χ2v) is 6.48. The average molecular weight is 283 g/mol. The monoisotopic (exact) mass is 283 g/mol. The van der Waals surface area contributed by atoms with Gasteiger partial charge in [-0.1, -0.05) is 27.2 Å². The van der Waals surface area contributed by atoms with Gasteiger partial charge in [0, 0.05) is 25.6 Å². The largest absolute Gasteiger partial charge is 0.356 e. The van der Waals surface area contributed by atoms with Gasteiger partial charge in [-0.15, -0.1) is 0 Å². The maximum absolute atomic E-state index is 11.7. The molecular weight excluding hydrogens is 250 g/mol. The number of nitrogens with one attached hydrogen (secondary N) is 2. The Kier molecular flexibility index (Phi) is 8.86. The van der Waals surface area contributed by atoms with E-state index in [0.29, 0.717) is 18.4 Å². The molecule has 0 aromatic rings. The fraction of sp³-hybridized carbons (Fsp3) is 0.938. The Balaban J connectivity index is 2.01. The van der Waals surface area contributed by atoms with Crippen LogP contribution in [0.4, 0.5) is 0 Å². The molecule has 0 aliphatic carbocycles. The van der Waals surface area contributed by atoms with Crippen molar-refractivity contribution in [2.75, 3.05) is 32.7 Å². The lowest BCUT2D eigenvalue weighted by Crippen LogP contribution is -2.38. The summed E-state index contributed by atoms with van der Waals surface area (Å²) in [5.74, 6) is 0.742. The van der Waals surface area contributed by atoms with Crippen LogP contribution in [0.15, 0.2) is 0 Å². The Morgan fingerprint density at radius 1 is 1.15 bits per heavy atom. The number of nitrogens with zero attached hydrogens (tertiary/aromatic N) is 1. The van der Waals surface area contributed by atoms with E-state index in [4.69, 9.17) is 0 Å². The molecule has 1 heterocycles. The van der Waals surface area contributed by atoms with Crippen LogP contribution in [-0.2, 0) is 4.79 Å². The third-order valence-electron chi connectivity index (χ3n) is 3.80. The summed E-state index contributed by atoms with van der Waals surface area (Å²) in [6, 6.07) is 0.502. The SMILES string of the molecule is CC(CNC(=O)CCCNC(C)C)CN1CCCCC1. The van der Waals surface area contributed by atoms with Crippen LogP contribution in [0.1, 0.15) is 52.9 Å². The molecular formula is C16H33N3O. The van der Waals surface area contributed by atoms with Gasteiger partial charge in [0.1, 0.15) is 0 Å². The van der Waals surface area contributed by atoms with E-state index < -0.39 is 0 Å². The molecule has 1 fully saturated rings. The van der Waals surface area contributed by atoms with Crippen molar-refractivity contribution in [2.45, 2.75) is 58.9 Å². The summed E-state index contributed by atoms with van der Waals surface area (Å²) in [5.41, 5.74) is 0. The summed E-state index contributed by atoms with van der Waals surface area (Å²) in [6.07, 6.45) is 5.61. The van der Waals surface area contributed by atoms with Crippen LogP contribution >= 0.6 is 0 Å². The molecule has 0 saturated carbocycles. The predicted octanol–water partition coefficient (Wildman–Crippen LogP) is 2.00. The topological polar surface area (TPSA) is 44.4 Å². The zero-order valence-electron chi connectivity index (χ0n) is 13.6. The Hall–Kier alpha value is -0.610. The van der Waals surface area contributed by atoms with Gasteiger partial charge < -0.3 is 15.5 Å². The fourth-order valence-corrected chi connectivity index (χ4v) is 2.66. The lowest BCUT2D eigenvalue weighted by molar-refractivity contribution is -0.121. The minimum Gasteiger partial charge on any atom is -0.356 e. The molecule has 0 radical (unpaired) electrons. The second-order valence-electron chi connectivity index (χ2n) is 6.48. The normalized spacial score (nSPS) is 18.2. The number of rotatable bonds is 9. The van der Waals surface area contributed by atoms with Gasteiger partial charge in [0.15, 0.2) is 0 Å². The summed E-state index contributed by atoms with van der Waals surface area (Å²) in [4.78, 5) is 14.3. The molecule has 0 bridgehead atoms. The minimum absolute atomic E-state index is 0.195. The number of likely N-dealkylation sites (tertiary alicyclic amines) is 1. The van der Waals surface area contributed by atoms with Crippen molar-refractivity contribution in [1.29, 1.82) is 0 Å². The number of hydrogen-bond donors (Lipinski definition) is 2. The van der Waals surface area contributed by atoms with E-state index in [1.807, 2.05) is 0 Å². The first kappa shape index (κ1) is 17.4. The highest BCUT2D eigenvalue weighted by Crippen LogP contribution is 2.10. The summed E-state index contributed by atoms with van der Waals surface area (Å²) in [6.45, 7) is 11.8. The molecule has 1 rings (SSSR count). The molecule has 1 saturated heterocycles. The first-order valence-electron chi connectivity index (χ1n) is 8.30. The number of amides is 1.